The molecule has 1 atom stereocenters. The number of anilines is 3. The van der Waals surface area contributed by atoms with Gasteiger partial charge in [-0.05, 0) is 48.9 Å². The van der Waals surface area contributed by atoms with Crippen LogP contribution in [0.25, 0.3) is 0 Å². The first-order valence-corrected chi connectivity index (χ1v) is 10.7. The molecule has 0 spiro atoms. The minimum Gasteiger partial charge on any atom is -0.342 e. The summed E-state index contributed by atoms with van der Waals surface area (Å²) in [6, 6.07) is 13.4. The molecule has 8 heteroatoms. The Morgan fingerprint density at radius 1 is 0.969 bits per heavy atom. The minimum atomic E-state index is -0.363. The molecule has 1 fully saturated rings. The number of carbonyl (C=O) groups is 4. The first kappa shape index (κ1) is 23.0. The minimum absolute atomic E-state index is 0.0215. The number of benzene rings is 2. The van der Waals surface area contributed by atoms with Crippen molar-refractivity contribution >= 4 is 40.7 Å². The van der Waals surface area contributed by atoms with E-state index in [0.29, 0.717) is 35.7 Å². The molecule has 0 saturated carbocycles. The number of hydrogen-bond acceptors (Lipinski definition) is 4. The number of amides is 4. The normalized spacial score (nSPS) is 15.4. The molecule has 3 N–H and O–H groups in total. The molecule has 168 valence electrons. The second-order valence-electron chi connectivity index (χ2n) is 7.88. The van der Waals surface area contributed by atoms with Crippen molar-refractivity contribution in [3.05, 3.63) is 54.1 Å². The molecule has 2 aromatic carbocycles. The average Bonchev–Trinajstić information content (AvgIpc) is 3.13. The summed E-state index contributed by atoms with van der Waals surface area (Å²) in [5, 5.41) is 8.28. The maximum atomic E-state index is 12.5. The highest BCUT2D eigenvalue weighted by Gasteiger charge is 2.33. The van der Waals surface area contributed by atoms with Gasteiger partial charge in [-0.3, -0.25) is 19.2 Å². The van der Waals surface area contributed by atoms with E-state index in [1.54, 1.807) is 53.4 Å². The lowest BCUT2D eigenvalue weighted by Gasteiger charge is -2.16. The Hall–Kier alpha value is -3.68. The van der Waals surface area contributed by atoms with E-state index in [1.807, 2.05) is 0 Å². The van der Waals surface area contributed by atoms with Crippen molar-refractivity contribution in [3.8, 4) is 0 Å². The molecule has 4 amide bonds. The molecule has 1 aliphatic rings. The van der Waals surface area contributed by atoms with Crippen LogP contribution in [0.4, 0.5) is 17.1 Å². The number of rotatable bonds is 8. The molecule has 1 unspecified atom stereocenters. The zero-order valence-corrected chi connectivity index (χ0v) is 18.3. The van der Waals surface area contributed by atoms with Crippen LogP contribution in [0.3, 0.4) is 0 Å². The topological polar surface area (TPSA) is 108 Å². The Balaban J connectivity index is 1.56. The lowest BCUT2D eigenvalue weighted by Crippen LogP contribution is -2.29. The van der Waals surface area contributed by atoms with E-state index in [4.69, 9.17) is 0 Å². The van der Waals surface area contributed by atoms with Gasteiger partial charge >= 0.3 is 0 Å². The number of unbranched alkanes of at least 4 members (excludes halogenated alkanes) is 1. The fourth-order valence-electron chi connectivity index (χ4n) is 3.54. The van der Waals surface area contributed by atoms with Crippen LogP contribution in [0.1, 0.15) is 43.5 Å². The fourth-order valence-corrected chi connectivity index (χ4v) is 3.54. The van der Waals surface area contributed by atoms with Gasteiger partial charge in [-0.15, -0.1) is 0 Å². The number of hydrogen-bond donors (Lipinski definition) is 3. The van der Waals surface area contributed by atoms with Crippen molar-refractivity contribution in [3.63, 3.8) is 0 Å². The standard InChI is InChI=1S/C24H28N4O4/c1-3-4-12-28-15-18(13-22(28)30)24(32)26-19-10-8-17(9-11-19)23(31)27-21-7-5-6-20(14-21)25-16(2)29/h5-11,14,18H,3-4,12-13,15H2,1-2H3,(H,25,29)(H,26,32)(H,27,31). The van der Waals surface area contributed by atoms with E-state index in [2.05, 4.69) is 22.9 Å². The molecule has 8 nitrogen and oxygen atoms in total. The summed E-state index contributed by atoms with van der Waals surface area (Å²) in [7, 11) is 0. The zero-order chi connectivity index (χ0) is 23.1. The smallest absolute Gasteiger partial charge is 0.255 e. The molecule has 2 aromatic rings. The van der Waals surface area contributed by atoms with Gasteiger partial charge in [0.25, 0.3) is 5.91 Å². The van der Waals surface area contributed by atoms with Crippen molar-refractivity contribution in [2.24, 2.45) is 5.92 Å². The van der Waals surface area contributed by atoms with Crippen molar-refractivity contribution in [2.75, 3.05) is 29.0 Å². The van der Waals surface area contributed by atoms with E-state index in [9.17, 15) is 19.2 Å². The lowest BCUT2D eigenvalue weighted by atomic mass is 10.1. The summed E-state index contributed by atoms with van der Waals surface area (Å²) in [5.41, 5.74) is 2.14. The van der Waals surface area contributed by atoms with Crippen LogP contribution in [0, 0.1) is 5.92 Å². The highest BCUT2D eigenvalue weighted by molar-refractivity contribution is 6.05. The molecule has 0 radical (unpaired) electrons. The van der Waals surface area contributed by atoms with Crippen molar-refractivity contribution in [2.45, 2.75) is 33.1 Å². The molecular weight excluding hydrogens is 408 g/mol. The van der Waals surface area contributed by atoms with E-state index < -0.39 is 0 Å². The summed E-state index contributed by atoms with van der Waals surface area (Å²) in [6.45, 7) is 4.62. The van der Waals surface area contributed by atoms with Gasteiger partial charge in [0.1, 0.15) is 0 Å². The number of nitrogens with zero attached hydrogens (tertiary/aromatic N) is 1. The van der Waals surface area contributed by atoms with Gasteiger partial charge in [0.2, 0.25) is 17.7 Å². The number of carbonyl (C=O) groups excluding carboxylic acids is 4. The first-order chi connectivity index (χ1) is 15.4. The third-order valence-corrected chi connectivity index (χ3v) is 5.22. The van der Waals surface area contributed by atoms with E-state index in [0.717, 1.165) is 12.8 Å². The predicted molar refractivity (Wildman–Crippen MR) is 123 cm³/mol. The predicted octanol–water partition coefficient (Wildman–Crippen LogP) is 3.48. The van der Waals surface area contributed by atoms with Gasteiger partial charge in [0.05, 0.1) is 5.92 Å². The Bertz CT molecular complexity index is 1000. The third-order valence-electron chi connectivity index (χ3n) is 5.22. The summed E-state index contributed by atoms with van der Waals surface area (Å²) >= 11 is 0. The maximum absolute atomic E-state index is 12.5. The molecule has 0 aliphatic carbocycles. The van der Waals surface area contributed by atoms with Gasteiger partial charge < -0.3 is 20.9 Å². The van der Waals surface area contributed by atoms with E-state index in [1.165, 1.54) is 6.92 Å². The van der Waals surface area contributed by atoms with Crippen LogP contribution in [-0.2, 0) is 14.4 Å². The molecule has 0 bridgehead atoms. The third kappa shape index (κ3) is 6.16. The molecule has 1 aliphatic heterocycles. The highest BCUT2D eigenvalue weighted by atomic mass is 16.2. The Labute approximate surface area is 187 Å². The number of likely N-dealkylation sites (tertiary alicyclic amines) is 1. The van der Waals surface area contributed by atoms with Crippen LogP contribution < -0.4 is 16.0 Å². The van der Waals surface area contributed by atoms with E-state index >= 15 is 0 Å². The van der Waals surface area contributed by atoms with Gasteiger partial charge in [-0.2, -0.15) is 0 Å². The van der Waals surface area contributed by atoms with Gasteiger partial charge in [-0.25, -0.2) is 0 Å². The first-order valence-electron chi connectivity index (χ1n) is 10.7. The largest absolute Gasteiger partial charge is 0.342 e. The summed E-state index contributed by atoms with van der Waals surface area (Å²) in [4.78, 5) is 50.1. The quantitative estimate of drug-likeness (QED) is 0.589. The summed E-state index contributed by atoms with van der Waals surface area (Å²) in [5.74, 6) is -1.03. The maximum Gasteiger partial charge on any atom is 0.255 e. The Morgan fingerprint density at radius 2 is 1.66 bits per heavy atom. The lowest BCUT2D eigenvalue weighted by molar-refractivity contribution is -0.128. The van der Waals surface area contributed by atoms with E-state index in [-0.39, 0.29) is 36.0 Å². The highest BCUT2D eigenvalue weighted by Crippen LogP contribution is 2.21. The average molecular weight is 437 g/mol. The SMILES string of the molecule is CCCCN1CC(C(=O)Nc2ccc(C(=O)Nc3cccc(NC(C)=O)c3)cc2)CC1=O. The Morgan fingerprint density at radius 3 is 2.31 bits per heavy atom. The van der Waals surface area contributed by atoms with Crippen molar-refractivity contribution < 1.29 is 19.2 Å². The number of nitrogens with one attached hydrogen (secondary N) is 3. The van der Waals surface area contributed by atoms with Crippen LogP contribution in [0.2, 0.25) is 0 Å². The molecule has 0 aromatic heterocycles. The van der Waals surface area contributed by atoms with Gasteiger partial charge in [0, 0.05) is 49.1 Å². The second-order valence-corrected chi connectivity index (χ2v) is 7.88. The van der Waals surface area contributed by atoms with Crippen LogP contribution in [0.5, 0.6) is 0 Å². The molecule has 32 heavy (non-hydrogen) atoms. The fraction of sp³-hybridized carbons (Fsp3) is 0.333. The molecule has 3 rings (SSSR count). The molecule has 1 heterocycles. The van der Waals surface area contributed by atoms with Crippen molar-refractivity contribution in [1.82, 2.24) is 4.90 Å². The molecule has 1 saturated heterocycles. The summed E-state index contributed by atoms with van der Waals surface area (Å²) in [6.07, 6.45) is 2.16. The van der Waals surface area contributed by atoms with Gasteiger partial charge in [-0.1, -0.05) is 19.4 Å². The monoisotopic (exact) mass is 436 g/mol. The second kappa shape index (κ2) is 10.6. The van der Waals surface area contributed by atoms with Crippen molar-refractivity contribution in [1.29, 1.82) is 0 Å². The van der Waals surface area contributed by atoms with Crippen LogP contribution in [-0.4, -0.2) is 41.6 Å². The Kier molecular flexibility index (Phi) is 7.59. The van der Waals surface area contributed by atoms with Crippen LogP contribution in [0.15, 0.2) is 48.5 Å². The molecular formula is C24H28N4O4. The zero-order valence-electron chi connectivity index (χ0n) is 18.3. The van der Waals surface area contributed by atoms with Gasteiger partial charge in [0.15, 0.2) is 0 Å². The van der Waals surface area contributed by atoms with Crippen LogP contribution >= 0.6 is 0 Å². The summed E-state index contributed by atoms with van der Waals surface area (Å²) < 4.78 is 0.